The van der Waals surface area contributed by atoms with Crippen LogP contribution in [0.5, 0.6) is 0 Å². The summed E-state index contributed by atoms with van der Waals surface area (Å²) in [5.74, 6) is 1.75. The maximum absolute atomic E-state index is 3.76. The van der Waals surface area contributed by atoms with Crippen LogP contribution < -0.4 is 5.32 Å². The van der Waals surface area contributed by atoms with E-state index in [4.69, 9.17) is 0 Å². The van der Waals surface area contributed by atoms with Crippen LogP contribution >= 0.6 is 0 Å². The van der Waals surface area contributed by atoms with Crippen molar-refractivity contribution in [1.82, 2.24) is 10.2 Å². The SMILES string of the molecule is CC(C)C1CNC(C2CC2)CN1C(C)C. The molecule has 0 radical (unpaired) electrons. The van der Waals surface area contributed by atoms with Gasteiger partial charge in [0, 0.05) is 31.2 Å². The fraction of sp³-hybridized carbons (Fsp3) is 1.00. The van der Waals surface area contributed by atoms with E-state index < -0.39 is 0 Å². The van der Waals surface area contributed by atoms with E-state index in [-0.39, 0.29) is 0 Å². The monoisotopic (exact) mass is 210 g/mol. The Morgan fingerprint density at radius 3 is 2.27 bits per heavy atom. The second kappa shape index (κ2) is 4.42. The first-order valence-corrected chi connectivity index (χ1v) is 6.58. The molecule has 1 N–H and O–H groups in total. The van der Waals surface area contributed by atoms with Crippen LogP contribution in [-0.2, 0) is 0 Å². The van der Waals surface area contributed by atoms with Gasteiger partial charge in [-0.05, 0) is 38.5 Å². The molecule has 88 valence electrons. The molecule has 0 aromatic carbocycles. The molecule has 0 spiro atoms. The van der Waals surface area contributed by atoms with Gasteiger partial charge in [0.05, 0.1) is 0 Å². The van der Waals surface area contributed by atoms with Crippen molar-refractivity contribution in [3.8, 4) is 0 Å². The molecule has 0 bridgehead atoms. The molecule has 2 rings (SSSR count). The summed E-state index contributed by atoms with van der Waals surface area (Å²) < 4.78 is 0. The van der Waals surface area contributed by atoms with Crippen LogP contribution in [0, 0.1) is 11.8 Å². The summed E-state index contributed by atoms with van der Waals surface area (Å²) in [6, 6.07) is 2.21. The van der Waals surface area contributed by atoms with Crippen molar-refractivity contribution in [2.45, 2.75) is 58.7 Å². The smallest absolute Gasteiger partial charge is 0.0247 e. The second-order valence-electron chi connectivity index (χ2n) is 5.95. The molecule has 1 saturated heterocycles. The van der Waals surface area contributed by atoms with Gasteiger partial charge in [0.2, 0.25) is 0 Å². The van der Waals surface area contributed by atoms with Gasteiger partial charge in [-0.2, -0.15) is 0 Å². The molecule has 2 heteroatoms. The summed E-state index contributed by atoms with van der Waals surface area (Å²) in [6.45, 7) is 11.8. The van der Waals surface area contributed by atoms with Gasteiger partial charge < -0.3 is 5.32 Å². The van der Waals surface area contributed by atoms with Gasteiger partial charge in [-0.25, -0.2) is 0 Å². The minimum atomic E-state index is 0.695. The lowest BCUT2D eigenvalue weighted by atomic mass is 9.95. The largest absolute Gasteiger partial charge is 0.311 e. The van der Waals surface area contributed by atoms with Crippen LogP contribution in [0.15, 0.2) is 0 Å². The summed E-state index contributed by atoms with van der Waals surface area (Å²) in [5.41, 5.74) is 0. The number of nitrogens with one attached hydrogen (secondary N) is 1. The van der Waals surface area contributed by atoms with Crippen LogP contribution in [0.25, 0.3) is 0 Å². The molecule has 2 aliphatic rings. The van der Waals surface area contributed by atoms with Crippen molar-refractivity contribution >= 4 is 0 Å². The van der Waals surface area contributed by atoms with Gasteiger partial charge in [-0.3, -0.25) is 4.90 Å². The molecule has 1 heterocycles. The Balaban J connectivity index is 1.98. The topological polar surface area (TPSA) is 15.3 Å². The highest BCUT2D eigenvalue weighted by Crippen LogP contribution is 2.35. The molecule has 2 unspecified atom stereocenters. The first-order chi connectivity index (χ1) is 7.09. The van der Waals surface area contributed by atoms with E-state index >= 15 is 0 Å². The molecule has 0 aromatic rings. The van der Waals surface area contributed by atoms with Gasteiger partial charge >= 0.3 is 0 Å². The Morgan fingerprint density at radius 1 is 1.13 bits per heavy atom. The maximum Gasteiger partial charge on any atom is 0.0247 e. The van der Waals surface area contributed by atoms with Crippen LogP contribution in [0.2, 0.25) is 0 Å². The van der Waals surface area contributed by atoms with Crippen molar-refractivity contribution in [2.75, 3.05) is 13.1 Å². The van der Waals surface area contributed by atoms with E-state index in [0.29, 0.717) is 6.04 Å². The molecular weight excluding hydrogens is 184 g/mol. The molecule has 0 aromatic heterocycles. The normalized spacial score (nSPS) is 34.0. The predicted molar refractivity (Wildman–Crippen MR) is 65.0 cm³/mol. The highest BCUT2D eigenvalue weighted by Gasteiger charge is 2.38. The van der Waals surface area contributed by atoms with Crippen LogP contribution in [0.4, 0.5) is 0 Å². The highest BCUT2D eigenvalue weighted by molar-refractivity contribution is 4.95. The Morgan fingerprint density at radius 2 is 1.80 bits per heavy atom. The maximum atomic E-state index is 3.76. The quantitative estimate of drug-likeness (QED) is 0.767. The predicted octanol–water partition coefficient (Wildman–Crippen LogP) is 2.10. The third kappa shape index (κ3) is 2.54. The standard InChI is InChI=1S/C13H26N2/c1-9(2)13-7-14-12(11-5-6-11)8-15(13)10(3)4/h9-14H,5-8H2,1-4H3. The van der Waals surface area contributed by atoms with Crippen LogP contribution in [0.3, 0.4) is 0 Å². The molecule has 1 aliphatic carbocycles. The van der Waals surface area contributed by atoms with E-state index in [1.165, 1.54) is 25.9 Å². The summed E-state index contributed by atoms with van der Waals surface area (Å²) in [7, 11) is 0. The molecule has 15 heavy (non-hydrogen) atoms. The molecule has 0 amide bonds. The first kappa shape index (κ1) is 11.4. The fourth-order valence-electron chi connectivity index (χ4n) is 2.84. The zero-order valence-corrected chi connectivity index (χ0v) is 10.7. The lowest BCUT2D eigenvalue weighted by molar-refractivity contribution is 0.0641. The Bertz CT molecular complexity index is 209. The first-order valence-electron chi connectivity index (χ1n) is 6.58. The average molecular weight is 210 g/mol. The van der Waals surface area contributed by atoms with E-state index in [9.17, 15) is 0 Å². The molecule has 1 aliphatic heterocycles. The molecular formula is C13H26N2. The van der Waals surface area contributed by atoms with E-state index in [1.54, 1.807) is 0 Å². The number of piperazine rings is 1. The Kier molecular flexibility index (Phi) is 3.36. The van der Waals surface area contributed by atoms with Gasteiger partial charge in [0.1, 0.15) is 0 Å². The van der Waals surface area contributed by atoms with Crippen LogP contribution in [0.1, 0.15) is 40.5 Å². The number of hydrogen-bond acceptors (Lipinski definition) is 2. The van der Waals surface area contributed by atoms with Gasteiger partial charge in [-0.15, -0.1) is 0 Å². The van der Waals surface area contributed by atoms with Crippen molar-refractivity contribution in [1.29, 1.82) is 0 Å². The van der Waals surface area contributed by atoms with Crippen LogP contribution in [-0.4, -0.2) is 36.1 Å². The lowest BCUT2D eigenvalue weighted by Gasteiger charge is -2.45. The van der Waals surface area contributed by atoms with Crippen molar-refractivity contribution in [3.63, 3.8) is 0 Å². The third-order valence-corrected chi connectivity index (χ3v) is 4.05. The van der Waals surface area contributed by atoms with Crippen molar-refractivity contribution in [3.05, 3.63) is 0 Å². The fourth-order valence-corrected chi connectivity index (χ4v) is 2.84. The Hall–Kier alpha value is -0.0800. The van der Waals surface area contributed by atoms with Gasteiger partial charge in [0.25, 0.3) is 0 Å². The van der Waals surface area contributed by atoms with Gasteiger partial charge in [0.15, 0.2) is 0 Å². The Labute approximate surface area is 94.4 Å². The molecule has 2 nitrogen and oxygen atoms in total. The summed E-state index contributed by atoms with van der Waals surface area (Å²) in [5, 5.41) is 3.76. The zero-order valence-electron chi connectivity index (χ0n) is 10.7. The highest BCUT2D eigenvalue weighted by atomic mass is 15.3. The number of nitrogens with zero attached hydrogens (tertiary/aromatic N) is 1. The summed E-state index contributed by atoms with van der Waals surface area (Å²) in [6.07, 6.45) is 2.91. The molecule has 2 atom stereocenters. The minimum absolute atomic E-state index is 0.695. The van der Waals surface area contributed by atoms with E-state index in [2.05, 4.69) is 37.9 Å². The van der Waals surface area contributed by atoms with E-state index in [0.717, 1.165) is 23.9 Å². The summed E-state index contributed by atoms with van der Waals surface area (Å²) in [4.78, 5) is 2.71. The zero-order chi connectivity index (χ0) is 11.0. The average Bonchev–Trinajstić information content (AvgIpc) is 2.99. The van der Waals surface area contributed by atoms with E-state index in [1.807, 2.05) is 0 Å². The van der Waals surface area contributed by atoms with Crippen molar-refractivity contribution in [2.24, 2.45) is 11.8 Å². The lowest BCUT2D eigenvalue weighted by Crippen LogP contribution is -2.60. The number of rotatable bonds is 3. The third-order valence-electron chi connectivity index (χ3n) is 4.05. The molecule has 1 saturated carbocycles. The number of hydrogen-bond donors (Lipinski definition) is 1. The van der Waals surface area contributed by atoms with Crippen molar-refractivity contribution < 1.29 is 0 Å². The minimum Gasteiger partial charge on any atom is -0.311 e. The summed E-state index contributed by atoms with van der Waals surface area (Å²) >= 11 is 0. The molecule has 2 fully saturated rings. The van der Waals surface area contributed by atoms with Gasteiger partial charge in [-0.1, -0.05) is 13.8 Å². The second-order valence-corrected chi connectivity index (χ2v) is 5.95.